The van der Waals surface area contributed by atoms with Crippen molar-refractivity contribution < 1.29 is 0 Å². The SMILES string of the molecule is CC1(C)CCC(C)(C)c2cc(N(c3ccc(-c4ccc5c(c4)C4(c6ccccc6S5)C5CC6CC7CC4C75C6)cc3)c3cccc4ccccc34)ccc21. The van der Waals surface area contributed by atoms with Crippen LogP contribution in [0, 0.1) is 29.1 Å². The van der Waals surface area contributed by atoms with E-state index in [1.54, 1.807) is 11.1 Å². The summed E-state index contributed by atoms with van der Waals surface area (Å²) in [6.45, 7) is 9.72. The second-order valence-electron chi connectivity index (χ2n) is 19.2. The van der Waals surface area contributed by atoms with E-state index in [1.165, 1.54) is 98.4 Å². The molecule has 0 aromatic heterocycles. The van der Waals surface area contributed by atoms with Gasteiger partial charge in [0.05, 0.1) is 5.69 Å². The van der Waals surface area contributed by atoms with Gasteiger partial charge in [-0.05, 0) is 166 Å². The molecule has 0 radical (unpaired) electrons. The molecule has 2 spiro atoms. The Morgan fingerprint density at radius 2 is 1.26 bits per heavy atom. The van der Waals surface area contributed by atoms with Crippen molar-refractivity contribution in [2.24, 2.45) is 29.1 Å². The average Bonchev–Trinajstić information content (AvgIpc) is 3.72. The van der Waals surface area contributed by atoms with Crippen molar-refractivity contribution in [3.05, 3.63) is 150 Å². The van der Waals surface area contributed by atoms with Crippen molar-refractivity contribution in [1.29, 1.82) is 0 Å². The first-order valence-electron chi connectivity index (χ1n) is 20.6. The van der Waals surface area contributed by atoms with Gasteiger partial charge in [-0.3, -0.25) is 0 Å². The van der Waals surface area contributed by atoms with Crippen LogP contribution in [-0.4, -0.2) is 0 Å². The van der Waals surface area contributed by atoms with Gasteiger partial charge < -0.3 is 4.90 Å². The Balaban J connectivity index is 0.976. The molecule has 0 amide bonds. The summed E-state index contributed by atoms with van der Waals surface area (Å²) in [6.07, 6.45) is 8.31. The van der Waals surface area contributed by atoms with E-state index in [0.29, 0.717) is 5.41 Å². The summed E-state index contributed by atoms with van der Waals surface area (Å²) in [7, 11) is 0. The van der Waals surface area contributed by atoms with E-state index in [0.717, 1.165) is 23.7 Å². The molecule has 6 aliphatic rings. The van der Waals surface area contributed by atoms with Crippen molar-refractivity contribution in [2.45, 2.75) is 92.3 Å². The fourth-order valence-electron chi connectivity index (χ4n) is 13.6. The number of hydrogen-bond acceptors (Lipinski definition) is 2. The Hall–Kier alpha value is -4.27. The molecular formula is C52H49NS. The molecule has 1 aliphatic heterocycles. The van der Waals surface area contributed by atoms with Gasteiger partial charge in [-0.2, -0.15) is 0 Å². The van der Waals surface area contributed by atoms with Crippen molar-refractivity contribution in [3.8, 4) is 11.1 Å². The maximum atomic E-state index is 2.63. The largest absolute Gasteiger partial charge is 0.310 e. The van der Waals surface area contributed by atoms with Crippen LogP contribution in [0.3, 0.4) is 0 Å². The van der Waals surface area contributed by atoms with Crippen LogP contribution in [-0.2, 0) is 16.2 Å². The predicted octanol–water partition coefficient (Wildman–Crippen LogP) is 14.1. The Labute approximate surface area is 325 Å². The third-order valence-corrected chi connectivity index (χ3v) is 17.2. The molecule has 6 aromatic rings. The lowest BCUT2D eigenvalue weighted by Gasteiger charge is -2.78. The summed E-state index contributed by atoms with van der Waals surface area (Å²) in [5.41, 5.74) is 13.7. The molecule has 4 fully saturated rings. The van der Waals surface area contributed by atoms with E-state index in [9.17, 15) is 0 Å². The number of hydrogen-bond donors (Lipinski definition) is 0. The van der Waals surface area contributed by atoms with Crippen LogP contribution in [0.25, 0.3) is 21.9 Å². The van der Waals surface area contributed by atoms with Crippen LogP contribution >= 0.6 is 11.8 Å². The van der Waals surface area contributed by atoms with E-state index in [2.05, 4.69) is 160 Å². The summed E-state index contributed by atoms with van der Waals surface area (Å²) in [6, 6.07) is 49.4. The molecular weight excluding hydrogens is 671 g/mol. The van der Waals surface area contributed by atoms with Crippen LogP contribution < -0.4 is 4.90 Å². The second-order valence-corrected chi connectivity index (χ2v) is 20.3. The summed E-state index contributed by atoms with van der Waals surface area (Å²) in [5, 5.41) is 2.54. The van der Waals surface area contributed by atoms with Gasteiger partial charge >= 0.3 is 0 Å². The standard InChI is InChI=1S/C52H49NS/c1-49(2)24-25-50(3,4)42-30-38(21-22-40(42)49)53(44-14-9-11-34-10-5-6-12-39(34)44)37-19-16-33(17-20-37)35-18-23-46-43(28-35)52(41-13-7-8-15-45(41)54-46)47-27-32-26-36-29-48(52)51(36,47)31-32/h5-23,28,30,32,36,47-48H,24-27,29,31H2,1-4H3. The van der Waals surface area contributed by atoms with Gasteiger partial charge in [0.25, 0.3) is 0 Å². The van der Waals surface area contributed by atoms with E-state index in [-0.39, 0.29) is 16.2 Å². The minimum Gasteiger partial charge on any atom is -0.310 e. The number of anilines is 3. The second kappa shape index (κ2) is 10.7. The number of benzene rings is 6. The monoisotopic (exact) mass is 719 g/mol. The molecule has 6 aromatic carbocycles. The van der Waals surface area contributed by atoms with Crippen molar-refractivity contribution in [1.82, 2.24) is 0 Å². The Morgan fingerprint density at radius 3 is 2.11 bits per heavy atom. The van der Waals surface area contributed by atoms with Crippen LogP contribution in [0.15, 0.2) is 137 Å². The lowest BCUT2D eigenvalue weighted by Crippen LogP contribution is -2.74. The van der Waals surface area contributed by atoms with Crippen LogP contribution in [0.1, 0.15) is 88.5 Å². The van der Waals surface area contributed by atoms with E-state index < -0.39 is 0 Å². The fourth-order valence-corrected chi connectivity index (χ4v) is 14.8. The quantitative estimate of drug-likeness (QED) is 0.178. The average molecular weight is 720 g/mol. The fraction of sp³-hybridized carbons (Fsp3) is 0.346. The van der Waals surface area contributed by atoms with Crippen LogP contribution in [0.5, 0.6) is 0 Å². The van der Waals surface area contributed by atoms with Gasteiger partial charge in [-0.1, -0.05) is 118 Å². The molecule has 1 nitrogen and oxygen atoms in total. The normalized spacial score (nSPS) is 29.8. The number of nitrogens with zero attached hydrogens (tertiary/aromatic N) is 1. The highest BCUT2D eigenvalue weighted by atomic mass is 32.2. The van der Waals surface area contributed by atoms with Crippen molar-refractivity contribution >= 4 is 39.6 Å². The maximum absolute atomic E-state index is 2.63. The summed E-state index contributed by atoms with van der Waals surface area (Å²) in [5.74, 6) is 3.58. The molecule has 4 saturated carbocycles. The summed E-state index contributed by atoms with van der Waals surface area (Å²) < 4.78 is 0. The van der Waals surface area contributed by atoms with Gasteiger partial charge in [-0.25, -0.2) is 0 Å². The molecule has 1 heterocycles. The van der Waals surface area contributed by atoms with Gasteiger partial charge in [0.1, 0.15) is 0 Å². The highest BCUT2D eigenvalue weighted by molar-refractivity contribution is 7.99. The van der Waals surface area contributed by atoms with Gasteiger partial charge in [0, 0.05) is 32.0 Å². The van der Waals surface area contributed by atoms with E-state index in [1.807, 2.05) is 11.8 Å². The first-order valence-corrected chi connectivity index (χ1v) is 21.5. The minimum absolute atomic E-state index is 0.135. The molecule has 2 bridgehead atoms. The highest BCUT2D eigenvalue weighted by Crippen LogP contribution is 2.89. The van der Waals surface area contributed by atoms with Crippen molar-refractivity contribution in [3.63, 3.8) is 0 Å². The number of rotatable bonds is 4. The zero-order valence-electron chi connectivity index (χ0n) is 32.0. The Bertz CT molecular complexity index is 2540. The first kappa shape index (κ1) is 32.0. The number of fused-ring (bicyclic) bond motifs is 9. The first-order chi connectivity index (χ1) is 26.2. The Morgan fingerprint density at radius 1 is 0.556 bits per heavy atom. The molecule has 6 unspecified atom stereocenters. The molecule has 6 atom stereocenters. The molecule has 268 valence electrons. The smallest absolute Gasteiger partial charge is 0.0540 e. The molecule has 0 N–H and O–H groups in total. The third-order valence-electron chi connectivity index (χ3n) is 16.0. The molecule has 0 saturated heterocycles. The van der Waals surface area contributed by atoms with Gasteiger partial charge in [0.2, 0.25) is 0 Å². The highest BCUT2D eigenvalue weighted by Gasteiger charge is 2.84. The minimum atomic E-state index is 0.135. The topological polar surface area (TPSA) is 3.24 Å². The zero-order chi connectivity index (χ0) is 36.2. The summed E-state index contributed by atoms with van der Waals surface area (Å²) in [4.78, 5) is 5.51. The van der Waals surface area contributed by atoms with Crippen LogP contribution in [0.4, 0.5) is 17.1 Å². The van der Waals surface area contributed by atoms with Crippen LogP contribution in [0.2, 0.25) is 0 Å². The van der Waals surface area contributed by atoms with E-state index in [4.69, 9.17) is 0 Å². The lowest BCUT2D eigenvalue weighted by atomic mass is 9.26. The molecule has 5 aliphatic carbocycles. The maximum Gasteiger partial charge on any atom is 0.0540 e. The lowest BCUT2D eigenvalue weighted by molar-refractivity contribution is -0.235. The summed E-state index contributed by atoms with van der Waals surface area (Å²) >= 11 is 2.01. The van der Waals surface area contributed by atoms with Gasteiger partial charge in [0.15, 0.2) is 0 Å². The molecule has 12 rings (SSSR count). The van der Waals surface area contributed by atoms with Crippen molar-refractivity contribution in [2.75, 3.05) is 4.90 Å². The zero-order valence-corrected chi connectivity index (χ0v) is 32.8. The van der Waals surface area contributed by atoms with Gasteiger partial charge in [-0.15, -0.1) is 0 Å². The molecule has 2 heteroatoms. The predicted molar refractivity (Wildman–Crippen MR) is 226 cm³/mol. The Kier molecular flexibility index (Phi) is 6.36. The third kappa shape index (κ3) is 3.98. The molecule has 54 heavy (non-hydrogen) atoms. The van der Waals surface area contributed by atoms with E-state index >= 15 is 0 Å².